The summed E-state index contributed by atoms with van der Waals surface area (Å²) in [5.74, 6) is -1.16. The summed E-state index contributed by atoms with van der Waals surface area (Å²) in [5, 5.41) is 5.27. The standard InChI is InChI=1S/C25H37N3O6/c1-7-33-21(30)10-11-26-23(31)22(18-13-16(2)12-17(3)14-18)28(19-8-9-19)20(29)15-27-24(32)34-25(4,5)6/h12-14,19,22H,7-11,15H2,1-6H3,(H,26,31)(H,27,32). The minimum absolute atomic E-state index is 0.0384. The zero-order chi connectivity index (χ0) is 25.5. The summed E-state index contributed by atoms with van der Waals surface area (Å²) >= 11 is 0. The maximum atomic E-state index is 13.3. The van der Waals surface area contributed by atoms with Crippen molar-refractivity contribution in [2.75, 3.05) is 19.7 Å². The number of hydrogen-bond donors (Lipinski definition) is 2. The summed E-state index contributed by atoms with van der Waals surface area (Å²) in [5.41, 5.74) is 1.93. The third-order valence-corrected chi connectivity index (χ3v) is 5.03. The van der Waals surface area contributed by atoms with Gasteiger partial charge in [-0.1, -0.05) is 29.3 Å². The van der Waals surface area contributed by atoms with Gasteiger partial charge in [0.1, 0.15) is 18.2 Å². The Morgan fingerprint density at radius 1 is 1.06 bits per heavy atom. The van der Waals surface area contributed by atoms with Crippen LogP contribution in [0.5, 0.6) is 0 Å². The van der Waals surface area contributed by atoms with Gasteiger partial charge in [0.05, 0.1) is 13.0 Å². The Morgan fingerprint density at radius 2 is 1.68 bits per heavy atom. The first-order valence-corrected chi connectivity index (χ1v) is 11.7. The van der Waals surface area contributed by atoms with E-state index in [1.807, 2.05) is 32.0 Å². The summed E-state index contributed by atoms with van der Waals surface area (Å²) in [6, 6.07) is 4.77. The Morgan fingerprint density at radius 3 is 2.21 bits per heavy atom. The lowest BCUT2D eigenvalue weighted by atomic mass is 9.99. The molecule has 1 fully saturated rings. The summed E-state index contributed by atoms with van der Waals surface area (Å²) in [7, 11) is 0. The quantitative estimate of drug-likeness (QED) is 0.503. The third kappa shape index (κ3) is 8.68. The van der Waals surface area contributed by atoms with E-state index >= 15 is 0 Å². The van der Waals surface area contributed by atoms with Crippen molar-refractivity contribution in [3.8, 4) is 0 Å². The number of alkyl carbamates (subject to hydrolysis) is 1. The average molecular weight is 476 g/mol. The molecule has 0 spiro atoms. The van der Waals surface area contributed by atoms with E-state index in [4.69, 9.17) is 9.47 Å². The van der Waals surface area contributed by atoms with Gasteiger partial charge in [0.2, 0.25) is 11.8 Å². The molecule has 1 saturated carbocycles. The van der Waals surface area contributed by atoms with Gasteiger partial charge < -0.3 is 25.0 Å². The number of rotatable bonds is 10. The minimum atomic E-state index is -0.888. The molecular weight excluding hydrogens is 438 g/mol. The van der Waals surface area contributed by atoms with Crippen molar-refractivity contribution in [2.24, 2.45) is 0 Å². The number of aryl methyl sites for hydroxylation is 2. The second kappa shape index (κ2) is 11.9. The molecule has 3 amide bonds. The molecule has 9 nitrogen and oxygen atoms in total. The normalized spacial score (nSPS) is 14.1. The van der Waals surface area contributed by atoms with E-state index in [0.717, 1.165) is 24.0 Å². The van der Waals surface area contributed by atoms with E-state index in [9.17, 15) is 19.2 Å². The summed E-state index contributed by atoms with van der Waals surface area (Å²) < 4.78 is 10.1. The van der Waals surface area contributed by atoms with Gasteiger partial charge >= 0.3 is 12.1 Å². The van der Waals surface area contributed by atoms with Gasteiger partial charge in [-0.2, -0.15) is 0 Å². The van der Waals surface area contributed by atoms with Crippen molar-refractivity contribution in [3.63, 3.8) is 0 Å². The molecule has 34 heavy (non-hydrogen) atoms. The Kier molecular flexibility index (Phi) is 9.46. The van der Waals surface area contributed by atoms with Crippen LogP contribution < -0.4 is 10.6 Å². The zero-order valence-corrected chi connectivity index (χ0v) is 21.0. The fraction of sp³-hybridized carbons (Fsp3) is 0.600. The van der Waals surface area contributed by atoms with Gasteiger partial charge in [-0.15, -0.1) is 0 Å². The van der Waals surface area contributed by atoms with Crippen LogP contribution >= 0.6 is 0 Å². The van der Waals surface area contributed by atoms with Crippen molar-refractivity contribution >= 4 is 23.9 Å². The highest BCUT2D eigenvalue weighted by atomic mass is 16.6. The van der Waals surface area contributed by atoms with Crippen LogP contribution in [0.4, 0.5) is 4.79 Å². The maximum Gasteiger partial charge on any atom is 0.408 e. The SMILES string of the molecule is CCOC(=O)CCNC(=O)C(c1cc(C)cc(C)c1)N(C(=O)CNC(=O)OC(C)(C)C)C1CC1. The van der Waals surface area contributed by atoms with Crippen LogP contribution in [0.1, 0.15) is 69.7 Å². The first-order chi connectivity index (χ1) is 15.9. The molecule has 0 saturated heterocycles. The smallest absolute Gasteiger partial charge is 0.408 e. The fourth-order valence-electron chi connectivity index (χ4n) is 3.69. The number of amides is 3. The van der Waals surface area contributed by atoms with E-state index in [2.05, 4.69) is 10.6 Å². The topological polar surface area (TPSA) is 114 Å². The Bertz CT molecular complexity index is 884. The molecule has 1 aromatic carbocycles. The predicted octanol–water partition coefficient (Wildman–Crippen LogP) is 2.93. The van der Waals surface area contributed by atoms with E-state index in [1.54, 1.807) is 32.6 Å². The predicted molar refractivity (Wildman–Crippen MR) is 127 cm³/mol. The minimum Gasteiger partial charge on any atom is -0.466 e. The molecule has 0 radical (unpaired) electrons. The molecule has 1 aromatic rings. The van der Waals surface area contributed by atoms with Crippen molar-refractivity contribution in [1.82, 2.24) is 15.5 Å². The van der Waals surface area contributed by atoms with Crippen LogP contribution in [-0.2, 0) is 23.9 Å². The summed E-state index contributed by atoms with van der Waals surface area (Å²) in [6.45, 7) is 10.9. The van der Waals surface area contributed by atoms with Crippen molar-refractivity contribution in [2.45, 2.75) is 78.5 Å². The number of benzene rings is 1. The third-order valence-electron chi connectivity index (χ3n) is 5.03. The van der Waals surface area contributed by atoms with E-state index < -0.39 is 23.7 Å². The van der Waals surface area contributed by atoms with Crippen LogP contribution in [0.3, 0.4) is 0 Å². The molecule has 0 aliphatic heterocycles. The molecule has 1 aliphatic carbocycles. The van der Waals surface area contributed by atoms with Gasteiger partial charge in [0.25, 0.3) is 0 Å². The Labute approximate surface area is 201 Å². The number of nitrogens with zero attached hydrogens (tertiary/aromatic N) is 1. The second-order valence-electron chi connectivity index (χ2n) is 9.56. The first-order valence-electron chi connectivity index (χ1n) is 11.7. The Balaban J connectivity index is 2.23. The van der Waals surface area contributed by atoms with E-state index in [-0.39, 0.29) is 44.0 Å². The number of carbonyl (C=O) groups excluding carboxylic acids is 4. The molecule has 1 unspecified atom stereocenters. The molecule has 0 aromatic heterocycles. The second-order valence-corrected chi connectivity index (χ2v) is 9.56. The lowest BCUT2D eigenvalue weighted by molar-refractivity contribution is -0.144. The van der Waals surface area contributed by atoms with Crippen LogP contribution in [0.25, 0.3) is 0 Å². The summed E-state index contributed by atoms with van der Waals surface area (Å²) in [6.07, 6.45) is 0.889. The lowest BCUT2D eigenvalue weighted by Crippen LogP contribution is -2.49. The number of ether oxygens (including phenoxy) is 2. The summed E-state index contributed by atoms with van der Waals surface area (Å²) in [4.78, 5) is 51.9. The van der Waals surface area contributed by atoms with Crippen molar-refractivity contribution in [1.29, 1.82) is 0 Å². The van der Waals surface area contributed by atoms with Gasteiger partial charge in [-0.3, -0.25) is 14.4 Å². The van der Waals surface area contributed by atoms with Crippen LogP contribution in [0.15, 0.2) is 18.2 Å². The van der Waals surface area contributed by atoms with Gasteiger partial charge in [-0.05, 0) is 59.9 Å². The lowest BCUT2D eigenvalue weighted by Gasteiger charge is -2.32. The fourth-order valence-corrected chi connectivity index (χ4v) is 3.69. The molecular formula is C25H37N3O6. The number of nitrogens with one attached hydrogen (secondary N) is 2. The maximum absolute atomic E-state index is 13.3. The highest BCUT2D eigenvalue weighted by molar-refractivity contribution is 5.91. The van der Waals surface area contributed by atoms with Crippen molar-refractivity contribution < 1.29 is 28.7 Å². The molecule has 0 bridgehead atoms. The zero-order valence-electron chi connectivity index (χ0n) is 21.0. The van der Waals surface area contributed by atoms with Gasteiger partial charge in [0, 0.05) is 12.6 Å². The number of esters is 1. The molecule has 2 rings (SSSR count). The van der Waals surface area contributed by atoms with Crippen molar-refractivity contribution in [3.05, 3.63) is 34.9 Å². The van der Waals surface area contributed by atoms with Crippen LogP contribution in [0.2, 0.25) is 0 Å². The van der Waals surface area contributed by atoms with Gasteiger partial charge in [-0.25, -0.2) is 4.79 Å². The molecule has 0 heterocycles. The van der Waals surface area contributed by atoms with Crippen LogP contribution in [-0.4, -0.2) is 60.1 Å². The molecule has 9 heteroatoms. The van der Waals surface area contributed by atoms with E-state index in [1.165, 1.54) is 0 Å². The van der Waals surface area contributed by atoms with E-state index in [0.29, 0.717) is 5.56 Å². The Hall–Kier alpha value is -3.10. The average Bonchev–Trinajstić information content (AvgIpc) is 3.53. The molecule has 1 aliphatic rings. The number of hydrogen-bond acceptors (Lipinski definition) is 6. The van der Waals surface area contributed by atoms with Gasteiger partial charge in [0.15, 0.2) is 0 Å². The highest BCUT2D eigenvalue weighted by Crippen LogP contribution is 2.35. The largest absolute Gasteiger partial charge is 0.466 e. The molecule has 1 atom stereocenters. The molecule has 2 N–H and O–H groups in total. The monoisotopic (exact) mass is 475 g/mol. The highest BCUT2D eigenvalue weighted by Gasteiger charge is 2.41. The first kappa shape index (κ1) is 27.1. The molecule has 188 valence electrons. The van der Waals surface area contributed by atoms with Crippen LogP contribution in [0, 0.1) is 13.8 Å². The number of carbonyl (C=O) groups is 4.